The Morgan fingerprint density at radius 2 is 2.42 bits per heavy atom. The van der Waals surface area contributed by atoms with E-state index < -0.39 is 0 Å². The third-order valence-corrected chi connectivity index (χ3v) is 2.58. The van der Waals surface area contributed by atoms with Gasteiger partial charge in [-0.25, -0.2) is 0 Å². The van der Waals surface area contributed by atoms with Crippen LogP contribution in [0.2, 0.25) is 0 Å². The van der Waals surface area contributed by atoms with Gasteiger partial charge in [-0.3, -0.25) is 0 Å². The van der Waals surface area contributed by atoms with Gasteiger partial charge in [-0.05, 0) is 19.8 Å². The fourth-order valence-corrected chi connectivity index (χ4v) is 1.50. The Morgan fingerprint density at radius 3 is 2.83 bits per heavy atom. The van der Waals surface area contributed by atoms with Crippen molar-refractivity contribution in [3.05, 3.63) is 12.7 Å². The van der Waals surface area contributed by atoms with E-state index in [2.05, 4.69) is 6.58 Å². The predicted molar refractivity (Wildman–Crippen MR) is 47.9 cm³/mol. The fourth-order valence-electron chi connectivity index (χ4n) is 1.50. The van der Waals surface area contributed by atoms with Gasteiger partial charge in [-0.15, -0.1) is 6.58 Å². The summed E-state index contributed by atoms with van der Waals surface area (Å²) in [6.07, 6.45) is 4.80. The monoisotopic (exact) mass is 168 g/mol. The average molecular weight is 168 g/mol. The van der Waals surface area contributed by atoms with E-state index in [1.165, 1.54) is 0 Å². The second-order valence-electron chi connectivity index (χ2n) is 3.71. The molecule has 0 amide bonds. The summed E-state index contributed by atoms with van der Waals surface area (Å²) in [6.45, 7) is 7.63. The zero-order valence-corrected chi connectivity index (χ0v) is 7.75. The quantitative estimate of drug-likeness (QED) is 0.475. The second kappa shape index (κ2) is 3.40. The molecule has 0 N–H and O–H groups in total. The smallest absolute Gasteiger partial charge is 0.125 e. The third kappa shape index (κ3) is 1.75. The molecule has 0 aromatic rings. The van der Waals surface area contributed by atoms with Crippen LogP contribution in [0, 0.1) is 5.92 Å². The molecule has 1 fully saturated rings. The van der Waals surface area contributed by atoms with Gasteiger partial charge in [0.2, 0.25) is 0 Å². The number of aldehydes is 1. The molecule has 0 aromatic carbocycles. The van der Waals surface area contributed by atoms with E-state index in [1.54, 1.807) is 0 Å². The van der Waals surface area contributed by atoms with Gasteiger partial charge in [0.25, 0.3) is 0 Å². The molecule has 2 nitrogen and oxygen atoms in total. The Bertz CT molecular complexity index is 188. The van der Waals surface area contributed by atoms with E-state index in [0.717, 1.165) is 19.1 Å². The first kappa shape index (κ1) is 9.46. The molecule has 0 aromatic heterocycles. The highest BCUT2D eigenvalue weighted by Crippen LogP contribution is 2.33. The minimum atomic E-state index is -0.206. The van der Waals surface area contributed by atoms with Crippen molar-refractivity contribution in [2.45, 2.75) is 38.4 Å². The molecule has 1 heterocycles. The zero-order valence-electron chi connectivity index (χ0n) is 7.75. The Kier molecular flexibility index (Phi) is 2.68. The standard InChI is InChI=1S/C10H16O2/c1-4-10(3)6-5-9(12-10)8(2)7-11/h4,7-9H,1,5-6H2,2-3H3/t8?,9-,10+/m0/s1. The maximum Gasteiger partial charge on any atom is 0.125 e. The van der Waals surface area contributed by atoms with Crippen LogP contribution < -0.4 is 0 Å². The number of rotatable bonds is 3. The summed E-state index contributed by atoms with van der Waals surface area (Å²) in [4.78, 5) is 10.5. The van der Waals surface area contributed by atoms with Gasteiger partial charge in [-0.1, -0.05) is 13.0 Å². The number of hydrogen-bond acceptors (Lipinski definition) is 2. The Hall–Kier alpha value is -0.630. The van der Waals surface area contributed by atoms with E-state index in [4.69, 9.17) is 4.74 Å². The molecule has 1 aliphatic rings. The molecule has 2 heteroatoms. The maximum atomic E-state index is 10.5. The molecule has 68 valence electrons. The van der Waals surface area contributed by atoms with Gasteiger partial charge in [0.15, 0.2) is 0 Å². The third-order valence-electron chi connectivity index (χ3n) is 2.58. The molecule has 0 aliphatic carbocycles. The van der Waals surface area contributed by atoms with Crippen LogP contribution >= 0.6 is 0 Å². The minimum Gasteiger partial charge on any atom is -0.367 e. The van der Waals surface area contributed by atoms with E-state index in [1.807, 2.05) is 19.9 Å². The van der Waals surface area contributed by atoms with Crippen molar-refractivity contribution in [2.75, 3.05) is 0 Å². The zero-order chi connectivity index (χ0) is 9.19. The summed E-state index contributed by atoms with van der Waals surface area (Å²) < 4.78 is 5.70. The molecule has 1 rings (SSSR count). The van der Waals surface area contributed by atoms with Crippen LogP contribution in [-0.2, 0) is 9.53 Å². The first-order valence-electron chi connectivity index (χ1n) is 4.38. The topological polar surface area (TPSA) is 26.3 Å². The lowest BCUT2D eigenvalue weighted by Gasteiger charge is -2.21. The predicted octanol–water partition coefficient (Wildman–Crippen LogP) is 1.95. The molecule has 1 aliphatic heterocycles. The average Bonchev–Trinajstić information content (AvgIpc) is 2.48. The van der Waals surface area contributed by atoms with Crippen LogP contribution in [0.25, 0.3) is 0 Å². The van der Waals surface area contributed by atoms with Crippen LogP contribution in [0.3, 0.4) is 0 Å². The van der Waals surface area contributed by atoms with Gasteiger partial charge in [0, 0.05) is 5.92 Å². The largest absolute Gasteiger partial charge is 0.367 e. The minimum absolute atomic E-state index is 0.00627. The first-order valence-corrected chi connectivity index (χ1v) is 4.38. The van der Waals surface area contributed by atoms with Gasteiger partial charge >= 0.3 is 0 Å². The Labute approximate surface area is 73.6 Å². The highest BCUT2D eigenvalue weighted by atomic mass is 16.5. The summed E-state index contributed by atoms with van der Waals surface area (Å²) in [7, 11) is 0. The molecule has 0 bridgehead atoms. The molecule has 1 saturated heterocycles. The van der Waals surface area contributed by atoms with Crippen molar-refractivity contribution in [1.29, 1.82) is 0 Å². The number of carbonyl (C=O) groups is 1. The van der Waals surface area contributed by atoms with Crippen molar-refractivity contribution < 1.29 is 9.53 Å². The van der Waals surface area contributed by atoms with Crippen LogP contribution in [0.4, 0.5) is 0 Å². The van der Waals surface area contributed by atoms with Crippen LogP contribution in [0.5, 0.6) is 0 Å². The Balaban J connectivity index is 2.55. The summed E-state index contributed by atoms with van der Waals surface area (Å²) in [5.74, 6) is 0.00627. The molecule has 0 spiro atoms. The van der Waals surface area contributed by atoms with Gasteiger partial charge < -0.3 is 9.53 Å². The highest BCUT2D eigenvalue weighted by Gasteiger charge is 2.35. The summed E-state index contributed by atoms with van der Waals surface area (Å²) in [5.41, 5.74) is -0.206. The number of carbonyl (C=O) groups excluding carboxylic acids is 1. The number of ether oxygens (including phenoxy) is 1. The van der Waals surface area contributed by atoms with Crippen LogP contribution in [0.15, 0.2) is 12.7 Å². The van der Waals surface area contributed by atoms with Crippen molar-refractivity contribution in [1.82, 2.24) is 0 Å². The molecular formula is C10H16O2. The van der Waals surface area contributed by atoms with Crippen molar-refractivity contribution in [3.63, 3.8) is 0 Å². The lowest BCUT2D eigenvalue weighted by Crippen LogP contribution is -2.25. The SMILES string of the molecule is C=C[C@]1(C)CC[C@@H](C(C)C=O)O1. The summed E-state index contributed by atoms with van der Waals surface area (Å²) in [6, 6.07) is 0. The van der Waals surface area contributed by atoms with Crippen molar-refractivity contribution in [3.8, 4) is 0 Å². The van der Waals surface area contributed by atoms with Crippen LogP contribution in [-0.4, -0.2) is 18.0 Å². The second-order valence-corrected chi connectivity index (χ2v) is 3.71. The summed E-state index contributed by atoms with van der Waals surface area (Å²) in [5, 5.41) is 0. The molecule has 12 heavy (non-hydrogen) atoms. The van der Waals surface area contributed by atoms with Gasteiger partial charge in [-0.2, -0.15) is 0 Å². The maximum absolute atomic E-state index is 10.5. The summed E-state index contributed by atoms with van der Waals surface area (Å²) >= 11 is 0. The molecular weight excluding hydrogens is 152 g/mol. The van der Waals surface area contributed by atoms with Crippen molar-refractivity contribution >= 4 is 6.29 Å². The molecule has 3 atom stereocenters. The lowest BCUT2D eigenvalue weighted by atomic mass is 10.00. The fraction of sp³-hybridized carbons (Fsp3) is 0.700. The molecule has 0 radical (unpaired) electrons. The lowest BCUT2D eigenvalue weighted by molar-refractivity contribution is -0.115. The van der Waals surface area contributed by atoms with Crippen molar-refractivity contribution in [2.24, 2.45) is 5.92 Å². The highest BCUT2D eigenvalue weighted by molar-refractivity contribution is 5.53. The normalized spacial score (nSPS) is 37.7. The van der Waals surface area contributed by atoms with Gasteiger partial charge in [0.05, 0.1) is 11.7 Å². The Morgan fingerprint density at radius 1 is 1.75 bits per heavy atom. The van der Waals surface area contributed by atoms with E-state index >= 15 is 0 Å². The molecule has 1 unspecified atom stereocenters. The molecule has 0 saturated carbocycles. The van der Waals surface area contributed by atoms with E-state index in [-0.39, 0.29) is 17.6 Å². The van der Waals surface area contributed by atoms with E-state index in [0.29, 0.717) is 0 Å². The van der Waals surface area contributed by atoms with Crippen LogP contribution in [0.1, 0.15) is 26.7 Å². The van der Waals surface area contributed by atoms with Gasteiger partial charge in [0.1, 0.15) is 6.29 Å². The van der Waals surface area contributed by atoms with E-state index in [9.17, 15) is 4.79 Å². The first-order chi connectivity index (χ1) is 5.61. The number of hydrogen-bond donors (Lipinski definition) is 0.